The number of benzene rings is 1. The van der Waals surface area contributed by atoms with E-state index in [0.717, 1.165) is 18.7 Å². The van der Waals surface area contributed by atoms with Crippen LogP contribution in [-0.4, -0.2) is 18.9 Å². The van der Waals surface area contributed by atoms with Gasteiger partial charge >= 0.3 is 0 Å². The van der Waals surface area contributed by atoms with E-state index in [0.29, 0.717) is 10.0 Å². The van der Waals surface area contributed by atoms with Gasteiger partial charge in [-0.15, -0.1) is 0 Å². The van der Waals surface area contributed by atoms with Gasteiger partial charge in [0.2, 0.25) is 0 Å². The maximum atomic E-state index is 11.5. The third-order valence-corrected chi connectivity index (χ3v) is 3.85. The Hall–Kier alpha value is -0.570. The fourth-order valence-corrected chi connectivity index (χ4v) is 2.51. The second-order valence-electron chi connectivity index (χ2n) is 4.16. The zero-order valence-electron chi connectivity index (χ0n) is 8.97. The lowest BCUT2D eigenvalue weighted by Gasteiger charge is -2.16. The van der Waals surface area contributed by atoms with Crippen LogP contribution in [0, 0.1) is 5.92 Å². The summed E-state index contributed by atoms with van der Waals surface area (Å²) in [5.41, 5.74) is 1.08. The van der Waals surface area contributed by atoms with Gasteiger partial charge in [0, 0.05) is 24.9 Å². The molecule has 1 aromatic carbocycles. The predicted octanol–water partition coefficient (Wildman–Crippen LogP) is 2.89. The van der Waals surface area contributed by atoms with Crippen molar-refractivity contribution in [3.05, 3.63) is 33.8 Å². The van der Waals surface area contributed by atoms with Crippen molar-refractivity contribution in [1.29, 1.82) is 0 Å². The molecule has 0 aromatic heterocycles. The Morgan fingerprint density at radius 2 is 2.06 bits per heavy atom. The van der Waals surface area contributed by atoms with E-state index in [1.165, 1.54) is 0 Å². The lowest BCUT2D eigenvalue weighted by molar-refractivity contribution is -0.120. The summed E-state index contributed by atoms with van der Waals surface area (Å²) in [6, 6.07) is 5.59. The Morgan fingerprint density at radius 3 is 2.69 bits per heavy atom. The molecule has 0 saturated carbocycles. The summed E-state index contributed by atoms with van der Waals surface area (Å²) in [6.45, 7) is 3.21. The lowest BCUT2D eigenvalue weighted by atomic mass is 9.87. The van der Waals surface area contributed by atoms with Gasteiger partial charge in [0.25, 0.3) is 0 Å². The number of rotatable bonds is 2. The summed E-state index contributed by atoms with van der Waals surface area (Å²) in [4.78, 5) is 11.5. The highest BCUT2D eigenvalue weighted by Crippen LogP contribution is 2.32. The molecule has 0 spiro atoms. The van der Waals surface area contributed by atoms with E-state index in [1.807, 2.05) is 12.1 Å². The number of hydrogen-bond donors (Lipinski definition) is 1. The zero-order chi connectivity index (χ0) is 11.7. The lowest BCUT2D eigenvalue weighted by Crippen LogP contribution is -2.18. The van der Waals surface area contributed by atoms with Crippen LogP contribution >= 0.6 is 23.2 Å². The second kappa shape index (κ2) is 4.74. The van der Waals surface area contributed by atoms with Gasteiger partial charge in [0.05, 0.1) is 10.0 Å². The number of ketones is 1. The largest absolute Gasteiger partial charge is 0.315 e. The van der Waals surface area contributed by atoms with Gasteiger partial charge in [-0.2, -0.15) is 0 Å². The van der Waals surface area contributed by atoms with Gasteiger partial charge in [-0.25, -0.2) is 0 Å². The molecule has 0 radical (unpaired) electrons. The van der Waals surface area contributed by atoms with Gasteiger partial charge in [-0.1, -0.05) is 29.3 Å². The summed E-state index contributed by atoms with van der Waals surface area (Å²) < 4.78 is 0. The fraction of sp³-hybridized carbons (Fsp3) is 0.417. The molecular formula is C12H13Cl2NO. The number of hydrogen-bond acceptors (Lipinski definition) is 2. The van der Waals surface area contributed by atoms with Gasteiger partial charge in [0.1, 0.15) is 5.78 Å². The molecule has 2 atom stereocenters. The van der Waals surface area contributed by atoms with Crippen LogP contribution in [0.25, 0.3) is 0 Å². The molecule has 0 aliphatic carbocycles. The van der Waals surface area contributed by atoms with Crippen molar-refractivity contribution >= 4 is 29.0 Å². The Balaban J connectivity index is 2.29. The highest BCUT2D eigenvalue weighted by atomic mass is 35.5. The first kappa shape index (κ1) is 11.9. The Bertz CT molecular complexity index is 419. The van der Waals surface area contributed by atoms with Crippen LogP contribution in [0.15, 0.2) is 18.2 Å². The Morgan fingerprint density at radius 1 is 1.31 bits per heavy atom. The molecule has 1 heterocycles. The molecule has 1 fully saturated rings. The molecule has 0 bridgehead atoms. The van der Waals surface area contributed by atoms with Crippen molar-refractivity contribution in [3.63, 3.8) is 0 Å². The fourth-order valence-electron chi connectivity index (χ4n) is 2.20. The maximum absolute atomic E-state index is 11.5. The van der Waals surface area contributed by atoms with E-state index in [1.54, 1.807) is 13.0 Å². The monoisotopic (exact) mass is 257 g/mol. The molecule has 4 heteroatoms. The van der Waals surface area contributed by atoms with Crippen LogP contribution < -0.4 is 5.32 Å². The van der Waals surface area contributed by atoms with Crippen molar-refractivity contribution in [3.8, 4) is 0 Å². The zero-order valence-corrected chi connectivity index (χ0v) is 10.5. The van der Waals surface area contributed by atoms with Crippen LogP contribution in [-0.2, 0) is 4.79 Å². The van der Waals surface area contributed by atoms with Crippen LogP contribution in [0.4, 0.5) is 0 Å². The Kier molecular flexibility index (Phi) is 3.53. The molecular weight excluding hydrogens is 245 g/mol. The van der Waals surface area contributed by atoms with Crippen LogP contribution in [0.2, 0.25) is 10.0 Å². The first-order valence-corrected chi connectivity index (χ1v) is 6.01. The van der Waals surface area contributed by atoms with E-state index >= 15 is 0 Å². The molecule has 1 aliphatic heterocycles. The average molecular weight is 258 g/mol. The first-order valence-electron chi connectivity index (χ1n) is 5.25. The summed E-state index contributed by atoms with van der Waals surface area (Å²) >= 11 is 11.9. The molecule has 1 N–H and O–H groups in total. The summed E-state index contributed by atoms with van der Waals surface area (Å²) in [5, 5.41) is 4.34. The van der Waals surface area contributed by atoms with Crippen LogP contribution in [0.3, 0.4) is 0 Å². The number of carbonyl (C=O) groups excluding carboxylic acids is 1. The molecule has 2 rings (SSSR count). The third-order valence-electron chi connectivity index (χ3n) is 3.11. The predicted molar refractivity (Wildman–Crippen MR) is 66.2 cm³/mol. The highest BCUT2D eigenvalue weighted by molar-refractivity contribution is 6.42. The molecule has 86 valence electrons. The standard InChI is InChI=1S/C12H13Cl2NO/c1-7(16)9-5-15-6-10(9)8-2-3-11(13)12(14)4-8/h2-4,9-10,15H,5-6H2,1H3/t9-,10+/m0/s1. The van der Waals surface area contributed by atoms with Gasteiger partial charge in [-0.3, -0.25) is 4.79 Å². The number of Topliss-reactive ketones (excluding diaryl/α,β-unsaturated/α-hetero) is 1. The maximum Gasteiger partial charge on any atom is 0.134 e. The topological polar surface area (TPSA) is 29.1 Å². The van der Waals surface area contributed by atoms with Crippen molar-refractivity contribution in [1.82, 2.24) is 5.32 Å². The van der Waals surface area contributed by atoms with E-state index < -0.39 is 0 Å². The smallest absolute Gasteiger partial charge is 0.134 e. The summed E-state index contributed by atoms with van der Waals surface area (Å²) in [7, 11) is 0. The van der Waals surface area contributed by atoms with Crippen molar-refractivity contribution in [2.24, 2.45) is 5.92 Å². The Labute approximate surface area is 105 Å². The van der Waals surface area contributed by atoms with Gasteiger partial charge < -0.3 is 5.32 Å². The SMILES string of the molecule is CC(=O)[C@@H]1CNC[C@@H]1c1ccc(Cl)c(Cl)c1. The normalized spacial score (nSPS) is 24.7. The number of halogens is 2. The highest BCUT2D eigenvalue weighted by Gasteiger charge is 2.31. The number of carbonyl (C=O) groups is 1. The van der Waals surface area contributed by atoms with Gasteiger partial charge in [0.15, 0.2) is 0 Å². The quantitative estimate of drug-likeness (QED) is 0.883. The van der Waals surface area contributed by atoms with Gasteiger partial charge in [-0.05, 0) is 24.6 Å². The summed E-state index contributed by atoms with van der Waals surface area (Å²) in [5.74, 6) is 0.491. The minimum Gasteiger partial charge on any atom is -0.315 e. The van der Waals surface area contributed by atoms with Crippen molar-refractivity contribution in [2.45, 2.75) is 12.8 Å². The van der Waals surface area contributed by atoms with Crippen molar-refractivity contribution < 1.29 is 4.79 Å². The van der Waals surface area contributed by atoms with E-state index in [4.69, 9.17) is 23.2 Å². The van der Waals surface area contributed by atoms with E-state index in [2.05, 4.69) is 5.32 Å². The third kappa shape index (κ3) is 2.24. The minimum atomic E-state index is 0.0530. The first-order chi connectivity index (χ1) is 7.59. The molecule has 16 heavy (non-hydrogen) atoms. The van der Waals surface area contributed by atoms with Crippen molar-refractivity contribution in [2.75, 3.05) is 13.1 Å². The summed E-state index contributed by atoms with van der Waals surface area (Å²) in [6.07, 6.45) is 0. The molecule has 1 saturated heterocycles. The van der Waals surface area contributed by atoms with Crippen LogP contribution in [0.1, 0.15) is 18.4 Å². The average Bonchev–Trinajstić information content (AvgIpc) is 2.71. The number of nitrogens with one attached hydrogen (secondary N) is 1. The molecule has 0 unspecified atom stereocenters. The molecule has 2 nitrogen and oxygen atoms in total. The second-order valence-corrected chi connectivity index (χ2v) is 4.97. The van der Waals surface area contributed by atoms with E-state index in [9.17, 15) is 4.79 Å². The minimum absolute atomic E-state index is 0.0530. The van der Waals surface area contributed by atoms with E-state index in [-0.39, 0.29) is 17.6 Å². The molecule has 0 amide bonds. The molecule has 1 aliphatic rings. The molecule has 1 aromatic rings. The van der Waals surface area contributed by atoms with Crippen LogP contribution in [0.5, 0.6) is 0 Å².